The van der Waals surface area contributed by atoms with Crippen LogP contribution in [0, 0.1) is 0 Å². The van der Waals surface area contributed by atoms with Crippen molar-refractivity contribution >= 4 is 0 Å². The molecular weight excluding hydrogens is 150 g/mol. The number of nitrogens with zero attached hydrogens (tertiary/aromatic N) is 1. The van der Waals surface area contributed by atoms with E-state index in [9.17, 15) is 0 Å². The molecule has 1 aromatic rings. The fraction of sp³-hybridized carbons (Fsp3) is 0.400. The van der Waals surface area contributed by atoms with Gasteiger partial charge in [0.15, 0.2) is 0 Å². The van der Waals surface area contributed by atoms with Crippen molar-refractivity contribution in [3.05, 3.63) is 35.4 Å². The zero-order valence-electron chi connectivity index (χ0n) is 6.86. The quantitative estimate of drug-likeness (QED) is 0.572. The Morgan fingerprint density at radius 2 is 2.25 bits per heavy atom. The molecule has 0 amide bonds. The van der Waals surface area contributed by atoms with Gasteiger partial charge in [0.25, 0.3) is 0 Å². The van der Waals surface area contributed by atoms with Gasteiger partial charge in [0.05, 0.1) is 6.61 Å². The van der Waals surface area contributed by atoms with Crippen molar-refractivity contribution in [1.82, 2.24) is 4.90 Å². The van der Waals surface area contributed by atoms with Crippen molar-refractivity contribution in [1.29, 1.82) is 0 Å². The number of ether oxygens (including phenoxy) is 1. The van der Waals surface area contributed by atoms with E-state index < -0.39 is 0 Å². The van der Waals surface area contributed by atoms with Crippen molar-refractivity contribution in [3.8, 4) is 0 Å². The van der Waals surface area contributed by atoms with Gasteiger partial charge in [-0.15, -0.1) is 0 Å². The van der Waals surface area contributed by atoms with Crippen LogP contribution in [0.4, 0.5) is 0 Å². The minimum absolute atomic E-state index is 0.265. The third-order valence-corrected chi connectivity index (χ3v) is 2.68. The molecule has 0 aliphatic carbocycles. The van der Waals surface area contributed by atoms with Gasteiger partial charge >= 0.3 is 0 Å². The van der Waals surface area contributed by atoms with Crippen LogP contribution >= 0.6 is 0 Å². The fourth-order valence-corrected chi connectivity index (χ4v) is 2.09. The Labute approximate surface area is 71.8 Å². The smallest absolute Gasteiger partial charge is 0.137 e. The van der Waals surface area contributed by atoms with Crippen LogP contribution in [0.1, 0.15) is 17.4 Å². The predicted molar refractivity (Wildman–Crippen MR) is 45.5 cm³/mol. The summed E-state index contributed by atoms with van der Waals surface area (Å²) in [5, 5.41) is 0. The van der Waals surface area contributed by atoms with Gasteiger partial charge in [-0.2, -0.15) is 0 Å². The lowest BCUT2D eigenvalue weighted by atomic mass is 10.1. The summed E-state index contributed by atoms with van der Waals surface area (Å²) in [6.45, 7) is 3.04. The topological polar surface area (TPSA) is 12.5 Å². The van der Waals surface area contributed by atoms with Crippen molar-refractivity contribution in [2.45, 2.75) is 12.8 Å². The largest absolute Gasteiger partial charge is 0.357 e. The summed E-state index contributed by atoms with van der Waals surface area (Å²) in [6.07, 6.45) is 0.265. The average molecular weight is 161 g/mol. The van der Waals surface area contributed by atoms with Gasteiger partial charge in [-0.1, -0.05) is 24.3 Å². The van der Waals surface area contributed by atoms with Crippen LogP contribution < -0.4 is 0 Å². The Kier molecular flexibility index (Phi) is 1.28. The number of hydrogen-bond donors (Lipinski definition) is 0. The van der Waals surface area contributed by atoms with Crippen LogP contribution in [0.3, 0.4) is 0 Å². The lowest BCUT2D eigenvalue weighted by Crippen LogP contribution is -2.15. The first-order chi connectivity index (χ1) is 5.95. The maximum Gasteiger partial charge on any atom is 0.137 e. The molecule has 2 nitrogen and oxygen atoms in total. The Balaban J connectivity index is 2.09. The molecule has 1 atom stereocenters. The average Bonchev–Trinajstić information content (AvgIpc) is 2.62. The number of benzene rings is 1. The van der Waals surface area contributed by atoms with E-state index >= 15 is 0 Å². The SMILES string of the molecule is c1ccc2c(c1)CN1CCOC21. The van der Waals surface area contributed by atoms with Crippen LogP contribution in [0.15, 0.2) is 24.3 Å². The highest BCUT2D eigenvalue weighted by atomic mass is 16.5. The summed E-state index contributed by atoms with van der Waals surface area (Å²) < 4.78 is 5.63. The minimum Gasteiger partial charge on any atom is -0.357 e. The summed E-state index contributed by atoms with van der Waals surface area (Å²) in [4.78, 5) is 2.38. The Bertz CT molecular complexity index is 310. The second kappa shape index (κ2) is 2.31. The summed E-state index contributed by atoms with van der Waals surface area (Å²) in [6, 6.07) is 8.55. The third kappa shape index (κ3) is 0.765. The van der Waals surface area contributed by atoms with Gasteiger partial charge in [0.2, 0.25) is 0 Å². The Morgan fingerprint density at radius 1 is 1.33 bits per heavy atom. The lowest BCUT2D eigenvalue weighted by Gasteiger charge is -2.11. The molecule has 2 aliphatic heterocycles. The van der Waals surface area contributed by atoms with E-state index in [1.165, 1.54) is 11.1 Å². The highest BCUT2D eigenvalue weighted by Crippen LogP contribution is 2.36. The molecule has 0 radical (unpaired) electrons. The molecule has 0 bridgehead atoms. The standard InChI is InChI=1S/C10H11NO/c1-2-4-9-8(3-1)7-11-5-6-12-10(9)11/h1-4,10H,5-7H2. The van der Waals surface area contributed by atoms with Crippen LogP contribution in [-0.4, -0.2) is 18.1 Å². The van der Waals surface area contributed by atoms with E-state index in [0.717, 1.165) is 19.7 Å². The van der Waals surface area contributed by atoms with Gasteiger partial charge in [0.1, 0.15) is 6.23 Å². The maximum absolute atomic E-state index is 5.63. The summed E-state index contributed by atoms with van der Waals surface area (Å²) in [5.41, 5.74) is 2.80. The molecule has 1 aromatic carbocycles. The first kappa shape index (κ1) is 6.63. The van der Waals surface area contributed by atoms with Gasteiger partial charge in [-0.25, -0.2) is 0 Å². The van der Waals surface area contributed by atoms with Crippen molar-refractivity contribution in [2.75, 3.05) is 13.2 Å². The number of rotatable bonds is 0. The fourth-order valence-electron chi connectivity index (χ4n) is 2.09. The van der Waals surface area contributed by atoms with Crippen molar-refractivity contribution in [2.24, 2.45) is 0 Å². The van der Waals surface area contributed by atoms with Crippen LogP contribution in [0.5, 0.6) is 0 Å². The Morgan fingerprint density at radius 3 is 3.25 bits per heavy atom. The molecule has 1 unspecified atom stereocenters. The molecule has 0 saturated carbocycles. The summed E-state index contributed by atoms with van der Waals surface area (Å²) in [5.74, 6) is 0. The molecule has 1 saturated heterocycles. The van der Waals surface area contributed by atoms with E-state index in [0.29, 0.717) is 0 Å². The van der Waals surface area contributed by atoms with E-state index in [1.807, 2.05) is 0 Å². The maximum atomic E-state index is 5.63. The van der Waals surface area contributed by atoms with Crippen LogP contribution in [0.25, 0.3) is 0 Å². The molecule has 3 rings (SSSR count). The lowest BCUT2D eigenvalue weighted by molar-refractivity contribution is 0.0440. The first-order valence-corrected chi connectivity index (χ1v) is 4.38. The normalized spacial score (nSPS) is 27.2. The summed E-state index contributed by atoms with van der Waals surface area (Å²) in [7, 11) is 0. The van der Waals surface area contributed by atoms with E-state index in [1.54, 1.807) is 0 Å². The van der Waals surface area contributed by atoms with Gasteiger partial charge in [0, 0.05) is 18.7 Å². The second-order valence-corrected chi connectivity index (χ2v) is 3.39. The van der Waals surface area contributed by atoms with E-state index in [2.05, 4.69) is 29.2 Å². The molecular formula is C10H11NO. The molecule has 1 fully saturated rings. The number of hydrogen-bond acceptors (Lipinski definition) is 2. The highest BCUT2D eigenvalue weighted by molar-refractivity contribution is 5.33. The first-order valence-electron chi connectivity index (χ1n) is 4.38. The van der Waals surface area contributed by atoms with E-state index in [-0.39, 0.29) is 6.23 Å². The van der Waals surface area contributed by atoms with Crippen LogP contribution in [0.2, 0.25) is 0 Å². The molecule has 0 N–H and O–H groups in total. The second-order valence-electron chi connectivity index (χ2n) is 3.39. The van der Waals surface area contributed by atoms with Crippen molar-refractivity contribution in [3.63, 3.8) is 0 Å². The third-order valence-electron chi connectivity index (χ3n) is 2.68. The molecule has 62 valence electrons. The summed E-state index contributed by atoms with van der Waals surface area (Å²) >= 11 is 0. The van der Waals surface area contributed by atoms with Gasteiger partial charge in [-0.3, -0.25) is 4.90 Å². The van der Waals surface area contributed by atoms with E-state index in [4.69, 9.17) is 4.74 Å². The van der Waals surface area contributed by atoms with Crippen molar-refractivity contribution < 1.29 is 4.74 Å². The zero-order valence-corrected chi connectivity index (χ0v) is 6.86. The van der Waals surface area contributed by atoms with Gasteiger partial charge in [-0.05, 0) is 5.56 Å². The highest BCUT2D eigenvalue weighted by Gasteiger charge is 2.33. The monoisotopic (exact) mass is 161 g/mol. The minimum atomic E-state index is 0.265. The number of fused-ring (bicyclic) bond motifs is 3. The molecule has 2 heterocycles. The molecule has 0 spiro atoms. The van der Waals surface area contributed by atoms with Crippen LogP contribution in [-0.2, 0) is 11.3 Å². The zero-order chi connectivity index (χ0) is 7.97. The Hall–Kier alpha value is -0.860. The molecule has 0 aromatic heterocycles. The van der Waals surface area contributed by atoms with Gasteiger partial charge < -0.3 is 4.74 Å². The molecule has 2 heteroatoms. The molecule has 2 aliphatic rings. The molecule has 12 heavy (non-hydrogen) atoms. The predicted octanol–water partition coefficient (Wildman–Crippen LogP) is 1.53.